The van der Waals surface area contributed by atoms with E-state index in [1.54, 1.807) is 48.5 Å². The van der Waals surface area contributed by atoms with E-state index in [0.29, 0.717) is 23.8 Å². The van der Waals surface area contributed by atoms with Gasteiger partial charge in [-0.25, -0.2) is 8.42 Å². The minimum Gasteiger partial charge on any atom is -0.504 e. The van der Waals surface area contributed by atoms with Gasteiger partial charge >= 0.3 is 0 Å². The predicted octanol–water partition coefficient (Wildman–Crippen LogP) is 5.21. The molecule has 8 heteroatoms. The molecule has 3 aromatic carbocycles. The van der Waals surface area contributed by atoms with Crippen LogP contribution in [0.1, 0.15) is 43.9 Å². The maximum atomic E-state index is 14.0. The summed E-state index contributed by atoms with van der Waals surface area (Å²) in [7, 11) is -3.93. The monoisotopic (exact) mass is 481 g/mol. The highest BCUT2D eigenvalue weighted by atomic mass is 32.2. The van der Waals surface area contributed by atoms with Crippen LogP contribution >= 0.6 is 0 Å². The minimum atomic E-state index is -3.93. The lowest BCUT2D eigenvalue weighted by Gasteiger charge is -2.29. The van der Waals surface area contributed by atoms with Crippen molar-refractivity contribution < 1.29 is 27.7 Å². The van der Waals surface area contributed by atoms with E-state index in [9.17, 15) is 13.5 Å². The summed E-state index contributed by atoms with van der Waals surface area (Å²) >= 11 is 0. The SMILES string of the molecule is CC(C)COc1cc2c(cc1O)C(C)C(c1ccc3c(c1)OCO3)N2S(=O)(=O)c1ccccc1. The van der Waals surface area contributed by atoms with E-state index in [2.05, 4.69) is 0 Å². The summed E-state index contributed by atoms with van der Waals surface area (Å²) in [5.41, 5.74) is 2.00. The standard InChI is InChI=1S/C26H27NO6S/c1-16(2)14-31-24-13-21-20(12-22(24)28)17(3)26(18-9-10-23-25(11-18)33-15-32-23)27(21)34(29,30)19-7-5-4-6-8-19/h4-13,16-17,26,28H,14-15H2,1-3H3. The molecule has 0 saturated carbocycles. The van der Waals surface area contributed by atoms with Gasteiger partial charge in [-0.05, 0) is 47.4 Å². The Bertz CT molecular complexity index is 1320. The van der Waals surface area contributed by atoms with Crippen molar-refractivity contribution in [2.24, 2.45) is 5.92 Å². The van der Waals surface area contributed by atoms with Crippen LogP contribution in [0.4, 0.5) is 5.69 Å². The van der Waals surface area contributed by atoms with Crippen molar-refractivity contribution in [1.29, 1.82) is 0 Å². The van der Waals surface area contributed by atoms with Crippen molar-refractivity contribution in [3.05, 3.63) is 71.8 Å². The van der Waals surface area contributed by atoms with Gasteiger partial charge < -0.3 is 19.3 Å². The molecule has 0 amide bonds. The van der Waals surface area contributed by atoms with E-state index in [1.807, 2.05) is 32.9 Å². The molecule has 0 aromatic heterocycles. The van der Waals surface area contributed by atoms with Crippen LogP contribution in [0.5, 0.6) is 23.0 Å². The van der Waals surface area contributed by atoms with Crippen molar-refractivity contribution in [2.45, 2.75) is 37.6 Å². The second-order valence-electron chi connectivity index (χ2n) is 9.04. The van der Waals surface area contributed by atoms with Gasteiger partial charge in [-0.15, -0.1) is 0 Å². The molecule has 5 rings (SSSR count). The van der Waals surface area contributed by atoms with Crippen LogP contribution in [0.15, 0.2) is 65.6 Å². The third kappa shape index (κ3) is 3.72. The van der Waals surface area contributed by atoms with E-state index in [-0.39, 0.29) is 35.0 Å². The fourth-order valence-corrected chi connectivity index (χ4v) is 6.28. The van der Waals surface area contributed by atoms with Crippen molar-refractivity contribution in [3.8, 4) is 23.0 Å². The second kappa shape index (κ2) is 8.43. The largest absolute Gasteiger partial charge is 0.504 e. The number of benzene rings is 3. The third-order valence-electron chi connectivity index (χ3n) is 6.17. The molecule has 2 aliphatic rings. The van der Waals surface area contributed by atoms with Crippen molar-refractivity contribution in [3.63, 3.8) is 0 Å². The van der Waals surface area contributed by atoms with Gasteiger partial charge in [0.15, 0.2) is 23.0 Å². The van der Waals surface area contributed by atoms with Gasteiger partial charge in [0.05, 0.1) is 23.2 Å². The second-order valence-corrected chi connectivity index (χ2v) is 10.9. The Hall–Kier alpha value is -3.39. The van der Waals surface area contributed by atoms with Gasteiger partial charge in [-0.1, -0.05) is 45.0 Å². The lowest BCUT2D eigenvalue weighted by Crippen LogP contribution is -2.33. The molecular weight excluding hydrogens is 454 g/mol. The predicted molar refractivity (Wildman–Crippen MR) is 128 cm³/mol. The van der Waals surface area contributed by atoms with E-state index < -0.39 is 16.1 Å². The van der Waals surface area contributed by atoms with Crippen LogP contribution < -0.4 is 18.5 Å². The summed E-state index contributed by atoms with van der Waals surface area (Å²) < 4.78 is 46.2. The molecule has 0 saturated heterocycles. The Labute approximate surface area is 199 Å². The Balaban J connectivity index is 1.67. The normalized spacial score (nSPS) is 18.9. The average molecular weight is 482 g/mol. The number of nitrogens with zero attached hydrogens (tertiary/aromatic N) is 1. The van der Waals surface area contributed by atoms with Crippen molar-refractivity contribution in [1.82, 2.24) is 0 Å². The first-order valence-electron chi connectivity index (χ1n) is 11.3. The molecule has 0 aliphatic carbocycles. The molecular formula is C26H27NO6S. The van der Waals surface area contributed by atoms with E-state index in [4.69, 9.17) is 14.2 Å². The van der Waals surface area contributed by atoms with E-state index in [0.717, 1.165) is 11.1 Å². The molecule has 2 aliphatic heterocycles. The molecule has 2 unspecified atom stereocenters. The summed E-state index contributed by atoms with van der Waals surface area (Å²) in [6.07, 6.45) is 0. The number of hydrogen-bond donors (Lipinski definition) is 1. The number of anilines is 1. The maximum Gasteiger partial charge on any atom is 0.264 e. The maximum absolute atomic E-state index is 14.0. The smallest absolute Gasteiger partial charge is 0.264 e. The molecule has 0 fully saturated rings. The molecule has 2 atom stereocenters. The van der Waals surface area contributed by atoms with Gasteiger partial charge in [0, 0.05) is 12.0 Å². The molecule has 0 bridgehead atoms. The summed E-state index contributed by atoms with van der Waals surface area (Å²) in [5.74, 6) is 1.48. The zero-order valence-corrected chi connectivity index (χ0v) is 20.1. The molecule has 7 nitrogen and oxygen atoms in total. The van der Waals surface area contributed by atoms with Gasteiger partial charge in [0.1, 0.15) is 0 Å². The summed E-state index contributed by atoms with van der Waals surface area (Å²) in [6.45, 7) is 6.51. The summed E-state index contributed by atoms with van der Waals surface area (Å²) in [6, 6.07) is 16.6. The zero-order chi connectivity index (χ0) is 24.0. The number of rotatable bonds is 6. The lowest BCUT2D eigenvalue weighted by atomic mass is 9.92. The van der Waals surface area contributed by atoms with Gasteiger partial charge in [0.2, 0.25) is 6.79 Å². The van der Waals surface area contributed by atoms with Crippen LogP contribution in [0.2, 0.25) is 0 Å². The Morgan fingerprint density at radius 2 is 1.79 bits per heavy atom. The first-order valence-corrected chi connectivity index (χ1v) is 12.7. The van der Waals surface area contributed by atoms with Crippen LogP contribution in [-0.2, 0) is 10.0 Å². The number of hydrogen-bond acceptors (Lipinski definition) is 6. The van der Waals surface area contributed by atoms with Crippen molar-refractivity contribution in [2.75, 3.05) is 17.7 Å². The first-order chi connectivity index (χ1) is 16.3. The Kier molecular flexibility index (Phi) is 5.56. The summed E-state index contributed by atoms with van der Waals surface area (Å²) in [4.78, 5) is 0.193. The van der Waals surface area contributed by atoms with Crippen LogP contribution in [0.25, 0.3) is 0 Å². The Morgan fingerprint density at radius 1 is 1.06 bits per heavy atom. The van der Waals surface area contributed by atoms with Gasteiger partial charge in [-0.3, -0.25) is 4.31 Å². The van der Waals surface area contributed by atoms with Crippen LogP contribution in [0, 0.1) is 5.92 Å². The van der Waals surface area contributed by atoms with E-state index >= 15 is 0 Å². The highest BCUT2D eigenvalue weighted by molar-refractivity contribution is 7.92. The fourth-order valence-electron chi connectivity index (χ4n) is 4.53. The van der Waals surface area contributed by atoms with Crippen LogP contribution in [-0.4, -0.2) is 26.9 Å². The highest BCUT2D eigenvalue weighted by Gasteiger charge is 2.45. The minimum absolute atomic E-state index is 0.00496. The fraction of sp³-hybridized carbons (Fsp3) is 0.308. The molecule has 34 heavy (non-hydrogen) atoms. The summed E-state index contributed by atoms with van der Waals surface area (Å²) in [5, 5.41) is 10.7. The number of sulfonamides is 1. The van der Waals surface area contributed by atoms with Crippen molar-refractivity contribution >= 4 is 15.7 Å². The highest BCUT2D eigenvalue weighted by Crippen LogP contribution is 2.54. The zero-order valence-electron chi connectivity index (χ0n) is 19.3. The Morgan fingerprint density at radius 3 is 2.53 bits per heavy atom. The molecule has 3 aromatic rings. The van der Waals surface area contributed by atoms with E-state index in [1.165, 1.54) is 4.31 Å². The first kappa shape index (κ1) is 22.4. The van der Waals surface area contributed by atoms with Gasteiger partial charge in [-0.2, -0.15) is 0 Å². The number of phenols is 1. The molecule has 0 spiro atoms. The number of aromatic hydroxyl groups is 1. The molecule has 2 heterocycles. The average Bonchev–Trinajstić information content (AvgIpc) is 3.40. The molecule has 0 radical (unpaired) electrons. The van der Waals surface area contributed by atoms with Gasteiger partial charge in [0.25, 0.3) is 10.0 Å². The molecule has 178 valence electrons. The number of fused-ring (bicyclic) bond motifs is 2. The molecule has 1 N–H and O–H groups in total. The number of phenolic OH excluding ortho intramolecular Hbond substituents is 1. The quantitative estimate of drug-likeness (QED) is 0.520. The third-order valence-corrected chi connectivity index (χ3v) is 7.98. The topological polar surface area (TPSA) is 85.3 Å². The number of ether oxygens (including phenoxy) is 3. The van der Waals surface area contributed by atoms with Crippen LogP contribution in [0.3, 0.4) is 0 Å². The lowest BCUT2D eigenvalue weighted by molar-refractivity contribution is 0.174.